The number of nitrogens with zero attached hydrogens (tertiary/aromatic N) is 1. The first kappa shape index (κ1) is 20.5. The summed E-state index contributed by atoms with van der Waals surface area (Å²) in [4.78, 5) is 27.7. The topological polar surface area (TPSA) is 94.6 Å². The predicted molar refractivity (Wildman–Crippen MR) is 101 cm³/mol. The molecular formula is C18H29N5O2. The summed E-state index contributed by atoms with van der Waals surface area (Å²) in [6, 6.07) is 9.11. The third-order valence-corrected chi connectivity index (χ3v) is 3.12. The Morgan fingerprint density at radius 2 is 1.64 bits per heavy atom. The molecule has 0 spiro atoms. The van der Waals surface area contributed by atoms with Crippen LogP contribution in [0, 0.1) is 0 Å². The van der Waals surface area contributed by atoms with Crippen molar-refractivity contribution in [2.45, 2.75) is 32.7 Å². The Labute approximate surface area is 149 Å². The molecule has 25 heavy (non-hydrogen) atoms. The van der Waals surface area contributed by atoms with Crippen LogP contribution in [-0.2, 0) is 4.79 Å². The van der Waals surface area contributed by atoms with Crippen molar-refractivity contribution < 1.29 is 9.59 Å². The molecule has 0 aliphatic carbocycles. The van der Waals surface area contributed by atoms with Gasteiger partial charge in [0.25, 0.3) is 5.91 Å². The van der Waals surface area contributed by atoms with Crippen LogP contribution in [0.3, 0.4) is 0 Å². The summed E-state index contributed by atoms with van der Waals surface area (Å²) in [5.41, 5.74) is 0.393. The van der Waals surface area contributed by atoms with E-state index in [0.29, 0.717) is 24.6 Å². The number of carbonyl (C=O) groups is 2. The fraction of sp³-hybridized carbons (Fsp3) is 0.500. The van der Waals surface area contributed by atoms with Gasteiger partial charge in [0.1, 0.15) is 0 Å². The van der Waals surface area contributed by atoms with E-state index in [-0.39, 0.29) is 23.9 Å². The third kappa shape index (κ3) is 9.34. The number of rotatable bonds is 7. The lowest BCUT2D eigenvalue weighted by atomic mass is 10.1. The molecule has 7 heteroatoms. The number of aliphatic imine (C=N–C) groups is 1. The van der Waals surface area contributed by atoms with Crippen LogP contribution in [0.25, 0.3) is 0 Å². The van der Waals surface area contributed by atoms with E-state index in [2.05, 4.69) is 26.3 Å². The molecule has 0 aliphatic heterocycles. The Bertz CT molecular complexity index is 579. The fourth-order valence-electron chi connectivity index (χ4n) is 2.04. The summed E-state index contributed by atoms with van der Waals surface area (Å²) in [6.07, 6.45) is 0.744. The quantitative estimate of drug-likeness (QED) is 0.335. The van der Waals surface area contributed by atoms with Crippen molar-refractivity contribution in [2.75, 3.05) is 26.7 Å². The van der Waals surface area contributed by atoms with Gasteiger partial charge >= 0.3 is 0 Å². The van der Waals surface area contributed by atoms with Crippen molar-refractivity contribution in [2.24, 2.45) is 4.99 Å². The summed E-state index contributed by atoms with van der Waals surface area (Å²) >= 11 is 0. The van der Waals surface area contributed by atoms with E-state index in [4.69, 9.17) is 0 Å². The average molecular weight is 347 g/mol. The Hall–Kier alpha value is -2.57. The Kier molecular flexibility index (Phi) is 8.46. The zero-order valence-electron chi connectivity index (χ0n) is 15.5. The van der Waals surface area contributed by atoms with Crippen LogP contribution in [0.15, 0.2) is 35.3 Å². The maximum atomic E-state index is 11.9. The Balaban J connectivity index is 2.19. The minimum absolute atomic E-state index is 0.0815. The van der Waals surface area contributed by atoms with Crippen LogP contribution in [0.5, 0.6) is 0 Å². The highest BCUT2D eigenvalue weighted by atomic mass is 16.2. The van der Waals surface area contributed by atoms with Crippen LogP contribution in [0.4, 0.5) is 0 Å². The molecule has 0 aliphatic rings. The van der Waals surface area contributed by atoms with Crippen LogP contribution in [0.1, 0.15) is 37.6 Å². The standard InChI is InChI=1S/C18H29N5O2/c1-18(2,3)23-15(24)13-22-17(19-4)21-12-8-11-20-16(25)14-9-6-5-7-10-14/h5-7,9-10H,8,11-13H2,1-4H3,(H,20,25)(H,23,24)(H2,19,21,22). The first-order valence-electron chi connectivity index (χ1n) is 8.40. The molecule has 0 radical (unpaired) electrons. The second-order valence-corrected chi connectivity index (χ2v) is 6.63. The lowest BCUT2D eigenvalue weighted by molar-refractivity contribution is -0.121. The fourth-order valence-corrected chi connectivity index (χ4v) is 2.04. The van der Waals surface area contributed by atoms with E-state index in [9.17, 15) is 9.59 Å². The van der Waals surface area contributed by atoms with Crippen molar-refractivity contribution in [1.29, 1.82) is 0 Å². The highest BCUT2D eigenvalue weighted by Gasteiger charge is 2.13. The monoisotopic (exact) mass is 347 g/mol. The lowest BCUT2D eigenvalue weighted by Gasteiger charge is -2.21. The summed E-state index contributed by atoms with van der Waals surface area (Å²) in [5.74, 6) is 0.381. The molecular weight excluding hydrogens is 318 g/mol. The van der Waals surface area contributed by atoms with Gasteiger partial charge in [0, 0.05) is 31.2 Å². The molecule has 0 saturated carbocycles. The number of carbonyl (C=O) groups excluding carboxylic acids is 2. The Morgan fingerprint density at radius 1 is 1.00 bits per heavy atom. The summed E-state index contributed by atoms with van der Waals surface area (Å²) in [5, 5.41) is 11.8. The number of hydrogen-bond donors (Lipinski definition) is 4. The van der Waals surface area contributed by atoms with Crippen molar-refractivity contribution >= 4 is 17.8 Å². The molecule has 0 saturated heterocycles. The number of hydrogen-bond acceptors (Lipinski definition) is 3. The number of amides is 2. The molecule has 2 amide bonds. The van der Waals surface area contributed by atoms with Crippen molar-refractivity contribution in [1.82, 2.24) is 21.3 Å². The van der Waals surface area contributed by atoms with Gasteiger partial charge in [0.15, 0.2) is 5.96 Å². The Morgan fingerprint density at radius 3 is 2.24 bits per heavy atom. The third-order valence-electron chi connectivity index (χ3n) is 3.12. The van der Waals surface area contributed by atoms with E-state index >= 15 is 0 Å². The number of nitrogens with one attached hydrogen (secondary N) is 4. The van der Waals surface area contributed by atoms with Gasteiger partial charge in [-0.15, -0.1) is 0 Å². The van der Waals surface area contributed by atoms with Crippen LogP contribution < -0.4 is 21.3 Å². The van der Waals surface area contributed by atoms with Gasteiger partial charge in [-0.05, 0) is 39.3 Å². The second-order valence-electron chi connectivity index (χ2n) is 6.63. The van der Waals surface area contributed by atoms with E-state index in [1.165, 1.54) is 0 Å². The summed E-state index contributed by atoms with van der Waals surface area (Å²) in [6.45, 7) is 7.14. The number of guanidine groups is 1. The van der Waals surface area contributed by atoms with E-state index in [1.54, 1.807) is 19.2 Å². The van der Waals surface area contributed by atoms with Gasteiger partial charge < -0.3 is 21.3 Å². The molecule has 1 rings (SSSR count). The normalized spacial score (nSPS) is 11.6. The first-order chi connectivity index (χ1) is 11.8. The van der Waals surface area contributed by atoms with Crippen molar-refractivity contribution in [3.8, 4) is 0 Å². The zero-order valence-corrected chi connectivity index (χ0v) is 15.5. The van der Waals surface area contributed by atoms with Gasteiger partial charge in [-0.1, -0.05) is 18.2 Å². The average Bonchev–Trinajstić information content (AvgIpc) is 2.56. The molecule has 0 atom stereocenters. The highest BCUT2D eigenvalue weighted by molar-refractivity contribution is 5.94. The van der Waals surface area contributed by atoms with Crippen LogP contribution >= 0.6 is 0 Å². The molecule has 138 valence electrons. The highest BCUT2D eigenvalue weighted by Crippen LogP contribution is 1.98. The van der Waals surface area contributed by atoms with Crippen LogP contribution in [0.2, 0.25) is 0 Å². The molecule has 0 unspecified atom stereocenters. The molecule has 1 aromatic carbocycles. The largest absolute Gasteiger partial charge is 0.356 e. The van der Waals surface area contributed by atoms with Crippen molar-refractivity contribution in [3.05, 3.63) is 35.9 Å². The van der Waals surface area contributed by atoms with Gasteiger partial charge in [0.05, 0.1) is 6.54 Å². The van der Waals surface area contributed by atoms with E-state index in [0.717, 1.165) is 6.42 Å². The smallest absolute Gasteiger partial charge is 0.251 e. The summed E-state index contributed by atoms with van der Waals surface area (Å²) < 4.78 is 0. The molecule has 4 N–H and O–H groups in total. The molecule has 0 heterocycles. The maximum absolute atomic E-state index is 11.9. The molecule has 1 aromatic rings. The maximum Gasteiger partial charge on any atom is 0.251 e. The summed E-state index contributed by atoms with van der Waals surface area (Å²) in [7, 11) is 1.65. The first-order valence-corrected chi connectivity index (χ1v) is 8.40. The van der Waals surface area contributed by atoms with Gasteiger partial charge in [-0.25, -0.2) is 0 Å². The SMILES string of the molecule is CN=C(NCCCNC(=O)c1ccccc1)NCC(=O)NC(C)(C)C. The van der Waals surface area contributed by atoms with E-state index in [1.807, 2.05) is 39.0 Å². The second kappa shape index (κ2) is 10.3. The molecule has 0 aromatic heterocycles. The minimum Gasteiger partial charge on any atom is -0.356 e. The minimum atomic E-state index is -0.257. The van der Waals surface area contributed by atoms with Gasteiger partial charge in [-0.3, -0.25) is 14.6 Å². The van der Waals surface area contributed by atoms with Gasteiger partial charge in [0.2, 0.25) is 5.91 Å². The van der Waals surface area contributed by atoms with Crippen molar-refractivity contribution in [3.63, 3.8) is 0 Å². The van der Waals surface area contributed by atoms with Crippen LogP contribution in [-0.4, -0.2) is 50.0 Å². The number of benzene rings is 1. The van der Waals surface area contributed by atoms with Gasteiger partial charge in [-0.2, -0.15) is 0 Å². The molecule has 0 fully saturated rings. The molecule has 0 bridgehead atoms. The zero-order chi connectivity index (χ0) is 18.7. The lowest BCUT2D eigenvalue weighted by Crippen LogP contribution is -2.48. The predicted octanol–water partition coefficient (Wildman–Crippen LogP) is 0.886. The van der Waals surface area contributed by atoms with E-state index < -0.39 is 0 Å². The molecule has 7 nitrogen and oxygen atoms in total.